The van der Waals surface area contributed by atoms with Gasteiger partial charge in [-0.3, -0.25) is 0 Å². The summed E-state index contributed by atoms with van der Waals surface area (Å²) in [6, 6.07) is 4.62. The second-order valence-electron chi connectivity index (χ2n) is 10.8. The molecule has 0 saturated carbocycles. The Labute approximate surface area is 264 Å². The lowest BCUT2D eigenvalue weighted by molar-refractivity contribution is 0.285. The minimum absolute atomic E-state index is 0.204. The smallest absolute Gasteiger partial charge is 0.240 e. The Kier molecular flexibility index (Phi) is 12.7. The van der Waals surface area contributed by atoms with Gasteiger partial charge in [0.25, 0.3) is 0 Å². The Balaban J connectivity index is 1.46. The summed E-state index contributed by atoms with van der Waals surface area (Å²) in [5.41, 5.74) is -2.71. The first-order chi connectivity index (χ1) is 22.3. The summed E-state index contributed by atoms with van der Waals surface area (Å²) in [7, 11) is 0. The van der Waals surface area contributed by atoms with Gasteiger partial charge in [-0.05, 0) is 37.1 Å². The number of hydrogen-bond donors (Lipinski definition) is 0. The van der Waals surface area contributed by atoms with Crippen LogP contribution in [0.5, 0.6) is 11.5 Å². The average Bonchev–Trinajstić information content (AvgIpc) is 3.05. The zero-order chi connectivity index (χ0) is 33.1. The van der Waals surface area contributed by atoms with Crippen LogP contribution in [-0.4, -0.2) is 33.1 Å². The predicted octanol–water partition coefficient (Wildman–Crippen LogP) is 9.80. The highest BCUT2D eigenvalue weighted by Crippen LogP contribution is 2.33. The summed E-state index contributed by atoms with van der Waals surface area (Å²) in [6.07, 6.45) is 11.5. The largest absolute Gasteiger partial charge is 0.490 e. The zero-order valence-electron chi connectivity index (χ0n) is 25.8. The molecule has 6 nitrogen and oxygen atoms in total. The fourth-order valence-electron chi connectivity index (χ4n) is 4.77. The molecule has 0 unspecified atom stereocenters. The first kappa shape index (κ1) is 34.6. The van der Waals surface area contributed by atoms with Crippen LogP contribution in [0.3, 0.4) is 0 Å². The lowest BCUT2D eigenvalue weighted by atomic mass is 10.1. The van der Waals surface area contributed by atoms with Gasteiger partial charge in [0.1, 0.15) is 22.8 Å². The molecular weight excluding hydrogens is 610 g/mol. The molecule has 4 aromatic rings. The Morgan fingerprint density at radius 1 is 0.500 bits per heavy atom. The molecule has 0 aliphatic heterocycles. The molecule has 4 rings (SSSR count). The highest BCUT2D eigenvalue weighted by Gasteiger charge is 2.23. The van der Waals surface area contributed by atoms with E-state index < -0.39 is 57.7 Å². The van der Waals surface area contributed by atoms with Crippen LogP contribution in [0.25, 0.3) is 33.9 Å². The molecule has 0 amide bonds. The maximum absolute atomic E-state index is 15.0. The van der Waals surface area contributed by atoms with Gasteiger partial charge in [0.05, 0.1) is 25.6 Å². The average molecular weight is 647 g/mol. The SMILES string of the molecule is CCCCCCCCOc1ccc(-c2ncc(-c3cnc(-c4ccc(OCCCCCC)c(F)c4F)c(F)n3)nc2F)c(F)c1F. The summed E-state index contributed by atoms with van der Waals surface area (Å²) in [5.74, 6) is -8.46. The van der Waals surface area contributed by atoms with Gasteiger partial charge < -0.3 is 9.47 Å². The second kappa shape index (κ2) is 16.9. The normalized spacial score (nSPS) is 11.2. The second-order valence-corrected chi connectivity index (χ2v) is 10.8. The molecule has 0 saturated heterocycles. The van der Waals surface area contributed by atoms with Gasteiger partial charge >= 0.3 is 0 Å². The fraction of sp³-hybridized carbons (Fsp3) is 0.412. The number of benzene rings is 2. The summed E-state index contributed by atoms with van der Waals surface area (Å²) in [5, 5.41) is 0. The molecule has 0 bridgehead atoms. The number of halogens is 6. The molecule has 46 heavy (non-hydrogen) atoms. The summed E-state index contributed by atoms with van der Waals surface area (Å²) in [4.78, 5) is 15.0. The van der Waals surface area contributed by atoms with Crippen LogP contribution in [-0.2, 0) is 0 Å². The van der Waals surface area contributed by atoms with E-state index in [2.05, 4.69) is 26.9 Å². The van der Waals surface area contributed by atoms with Crippen LogP contribution >= 0.6 is 0 Å². The number of nitrogens with zero attached hydrogens (tertiary/aromatic N) is 4. The van der Waals surface area contributed by atoms with E-state index in [1.54, 1.807) is 0 Å². The van der Waals surface area contributed by atoms with Gasteiger partial charge in [0, 0.05) is 11.1 Å². The molecule has 2 aromatic heterocycles. The fourth-order valence-corrected chi connectivity index (χ4v) is 4.77. The van der Waals surface area contributed by atoms with Gasteiger partial charge in [-0.1, -0.05) is 65.2 Å². The maximum Gasteiger partial charge on any atom is 0.240 e. The molecule has 12 heteroatoms. The molecule has 0 radical (unpaired) electrons. The minimum atomic E-state index is -1.37. The molecule has 0 N–H and O–H groups in total. The lowest BCUT2D eigenvalue weighted by Gasteiger charge is -2.11. The van der Waals surface area contributed by atoms with E-state index >= 15 is 4.39 Å². The van der Waals surface area contributed by atoms with Crippen molar-refractivity contribution in [3.05, 3.63) is 71.8 Å². The number of ether oxygens (including phenoxy) is 2. The molecule has 246 valence electrons. The minimum Gasteiger partial charge on any atom is -0.490 e. The van der Waals surface area contributed by atoms with Gasteiger partial charge in [-0.15, -0.1) is 0 Å². The van der Waals surface area contributed by atoms with E-state index in [1.807, 2.05) is 6.92 Å². The molecule has 0 aliphatic carbocycles. The van der Waals surface area contributed by atoms with Crippen LogP contribution in [0, 0.1) is 35.2 Å². The summed E-state index contributed by atoms with van der Waals surface area (Å²) < 4.78 is 99.7. The van der Waals surface area contributed by atoms with Crippen molar-refractivity contribution < 1.29 is 35.8 Å². The quantitative estimate of drug-likeness (QED) is 0.0840. The van der Waals surface area contributed by atoms with Crippen LogP contribution in [0.2, 0.25) is 0 Å². The third-order valence-corrected chi connectivity index (χ3v) is 7.34. The van der Waals surface area contributed by atoms with Crippen LogP contribution < -0.4 is 9.47 Å². The van der Waals surface area contributed by atoms with Crippen LogP contribution in [0.15, 0.2) is 36.7 Å². The highest BCUT2D eigenvalue weighted by atomic mass is 19.2. The van der Waals surface area contributed by atoms with Crippen molar-refractivity contribution in [2.24, 2.45) is 0 Å². The number of aromatic nitrogens is 4. The van der Waals surface area contributed by atoms with Crippen molar-refractivity contribution in [2.45, 2.75) is 78.1 Å². The maximum atomic E-state index is 15.0. The Morgan fingerprint density at radius 2 is 0.891 bits per heavy atom. The molecule has 2 heterocycles. The van der Waals surface area contributed by atoms with Crippen molar-refractivity contribution in [3.63, 3.8) is 0 Å². The highest BCUT2D eigenvalue weighted by molar-refractivity contribution is 5.65. The van der Waals surface area contributed by atoms with Crippen LogP contribution in [0.1, 0.15) is 78.1 Å². The molecule has 0 atom stereocenters. The Bertz CT molecular complexity index is 1620. The molecule has 0 spiro atoms. The van der Waals surface area contributed by atoms with E-state index in [9.17, 15) is 22.0 Å². The van der Waals surface area contributed by atoms with E-state index in [-0.39, 0.29) is 36.1 Å². The van der Waals surface area contributed by atoms with Crippen molar-refractivity contribution in [2.75, 3.05) is 13.2 Å². The first-order valence-electron chi connectivity index (χ1n) is 15.5. The summed E-state index contributed by atoms with van der Waals surface area (Å²) >= 11 is 0. The number of hydrogen-bond acceptors (Lipinski definition) is 6. The predicted molar refractivity (Wildman–Crippen MR) is 162 cm³/mol. The van der Waals surface area contributed by atoms with Gasteiger partial charge in [-0.25, -0.2) is 28.7 Å². The van der Waals surface area contributed by atoms with Crippen molar-refractivity contribution in [1.82, 2.24) is 19.9 Å². The third kappa shape index (κ3) is 8.52. The van der Waals surface area contributed by atoms with Crippen molar-refractivity contribution >= 4 is 0 Å². The Morgan fingerprint density at radius 3 is 1.30 bits per heavy atom. The third-order valence-electron chi connectivity index (χ3n) is 7.34. The number of unbranched alkanes of at least 4 members (excludes halogenated alkanes) is 8. The molecule has 0 fully saturated rings. The molecule has 0 aliphatic rings. The van der Waals surface area contributed by atoms with Crippen molar-refractivity contribution in [1.29, 1.82) is 0 Å². The van der Waals surface area contributed by atoms with Crippen LogP contribution in [0.4, 0.5) is 26.3 Å². The molecular formula is C34H36F6N4O2. The summed E-state index contributed by atoms with van der Waals surface area (Å²) in [6.45, 7) is 4.58. The number of rotatable bonds is 17. The van der Waals surface area contributed by atoms with Gasteiger partial charge in [0.2, 0.25) is 23.5 Å². The van der Waals surface area contributed by atoms with E-state index in [0.717, 1.165) is 75.9 Å². The Hall–Kier alpha value is -4.22. The first-order valence-corrected chi connectivity index (χ1v) is 15.5. The van der Waals surface area contributed by atoms with Gasteiger partial charge in [-0.2, -0.15) is 17.6 Å². The van der Waals surface area contributed by atoms with E-state index in [4.69, 9.17) is 9.47 Å². The monoisotopic (exact) mass is 646 g/mol. The van der Waals surface area contributed by atoms with Gasteiger partial charge in [0.15, 0.2) is 23.1 Å². The molecule has 2 aromatic carbocycles. The van der Waals surface area contributed by atoms with E-state index in [1.165, 1.54) is 12.1 Å². The topological polar surface area (TPSA) is 70.0 Å². The van der Waals surface area contributed by atoms with Crippen molar-refractivity contribution in [3.8, 4) is 45.4 Å². The zero-order valence-corrected chi connectivity index (χ0v) is 25.8. The standard InChI is InChI=1S/C34H36F6N4O2/c1-3-5-7-9-10-12-18-46-26-16-14-22(28(36)30(26)38)32-34(40)44-24(20-42-32)23-19-41-31(33(39)43-23)21-13-15-25(29(37)27(21)35)45-17-11-8-6-4-2/h13-16,19-20H,3-12,17-18H2,1-2H3. The lowest BCUT2D eigenvalue weighted by Crippen LogP contribution is -2.05. The van der Waals surface area contributed by atoms with E-state index in [0.29, 0.717) is 12.8 Å².